The third-order valence-electron chi connectivity index (χ3n) is 5.08. The first kappa shape index (κ1) is 12.0. The maximum absolute atomic E-state index is 11.6. The molecule has 0 aromatic heterocycles. The Hall–Kier alpha value is -1.09. The zero-order valence-corrected chi connectivity index (χ0v) is 11.0. The van der Waals surface area contributed by atoms with E-state index in [1.165, 1.54) is 0 Å². The number of hydrogen-bond acceptors (Lipinski definition) is 3. The molecule has 3 rings (SSSR count). The van der Waals surface area contributed by atoms with Crippen LogP contribution >= 0.6 is 0 Å². The number of aliphatic hydroxyl groups is 1. The van der Waals surface area contributed by atoms with Crippen LogP contribution in [0.5, 0.6) is 0 Å². The Morgan fingerprint density at radius 3 is 2.89 bits per heavy atom. The van der Waals surface area contributed by atoms with Gasteiger partial charge in [0.05, 0.1) is 5.60 Å². The van der Waals surface area contributed by atoms with E-state index in [0.29, 0.717) is 5.92 Å². The average Bonchev–Trinajstić information content (AvgIpc) is 2.65. The molecule has 98 valence electrons. The topological polar surface area (TPSA) is 46.5 Å². The van der Waals surface area contributed by atoms with Gasteiger partial charge in [-0.2, -0.15) is 0 Å². The summed E-state index contributed by atoms with van der Waals surface area (Å²) in [5.41, 5.74) is 2.34. The van der Waals surface area contributed by atoms with Crippen molar-refractivity contribution < 1.29 is 14.6 Å². The molecule has 0 radical (unpaired) electrons. The number of fused-ring (bicyclic) bond motifs is 2. The van der Waals surface area contributed by atoms with Crippen molar-refractivity contribution in [2.75, 3.05) is 0 Å². The van der Waals surface area contributed by atoms with Crippen LogP contribution in [0.1, 0.15) is 39.5 Å². The van der Waals surface area contributed by atoms with Gasteiger partial charge in [-0.1, -0.05) is 12.2 Å². The highest BCUT2D eigenvalue weighted by atomic mass is 16.5. The van der Waals surface area contributed by atoms with Crippen molar-refractivity contribution in [3.05, 3.63) is 23.3 Å². The zero-order chi connectivity index (χ0) is 13.1. The summed E-state index contributed by atoms with van der Waals surface area (Å²) in [5.74, 6) is 0.373. The van der Waals surface area contributed by atoms with Gasteiger partial charge < -0.3 is 9.84 Å². The number of carbonyl (C=O) groups excluding carboxylic acids is 1. The number of carbonyl (C=O) groups is 1. The van der Waals surface area contributed by atoms with Crippen LogP contribution in [-0.2, 0) is 9.53 Å². The lowest BCUT2D eigenvalue weighted by molar-refractivity contribution is -0.139. The van der Waals surface area contributed by atoms with Crippen LogP contribution in [0, 0.1) is 11.8 Å². The molecule has 1 aliphatic heterocycles. The molecule has 1 heterocycles. The lowest BCUT2D eigenvalue weighted by Crippen LogP contribution is -2.32. The van der Waals surface area contributed by atoms with Gasteiger partial charge in [-0.05, 0) is 50.5 Å². The van der Waals surface area contributed by atoms with Gasteiger partial charge in [0.1, 0.15) is 6.10 Å². The van der Waals surface area contributed by atoms with Crippen LogP contribution < -0.4 is 0 Å². The van der Waals surface area contributed by atoms with Crippen LogP contribution in [0.15, 0.2) is 23.3 Å². The Balaban J connectivity index is 2.01. The zero-order valence-electron chi connectivity index (χ0n) is 11.0. The lowest BCUT2D eigenvalue weighted by Gasteiger charge is -2.28. The molecule has 0 spiro atoms. The van der Waals surface area contributed by atoms with Crippen LogP contribution in [0.3, 0.4) is 0 Å². The molecule has 3 heteroatoms. The van der Waals surface area contributed by atoms with Crippen LogP contribution in [0.4, 0.5) is 0 Å². The third kappa shape index (κ3) is 1.57. The van der Waals surface area contributed by atoms with Crippen molar-refractivity contribution >= 4 is 5.97 Å². The highest BCUT2D eigenvalue weighted by Gasteiger charge is 2.49. The van der Waals surface area contributed by atoms with Crippen LogP contribution in [0.2, 0.25) is 0 Å². The maximum Gasteiger partial charge on any atom is 0.334 e. The second kappa shape index (κ2) is 3.70. The minimum atomic E-state index is -0.637. The summed E-state index contributed by atoms with van der Waals surface area (Å²) in [4.78, 5) is 11.6. The van der Waals surface area contributed by atoms with Crippen molar-refractivity contribution in [1.29, 1.82) is 0 Å². The Labute approximate surface area is 108 Å². The van der Waals surface area contributed by atoms with Crippen molar-refractivity contribution in [2.45, 2.75) is 51.2 Å². The second-order valence-corrected chi connectivity index (χ2v) is 6.22. The molecule has 18 heavy (non-hydrogen) atoms. The summed E-state index contributed by atoms with van der Waals surface area (Å²) in [5, 5.41) is 10.5. The first-order chi connectivity index (χ1) is 8.40. The fourth-order valence-corrected chi connectivity index (χ4v) is 3.86. The summed E-state index contributed by atoms with van der Waals surface area (Å²) in [6.07, 6.45) is 3.22. The Morgan fingerprint density at radius 1 is 1.44 bits per heavy atom. The Bertz CT molecular complexity index is 458. The molecule has 0 bridgehead atoms. The molecule has 0 aromatic rings. The van der Waals surface area contributed by atoms with E-state index >= 15 is 0 Å². The van der Waals surface area contributed by atoms with Gasteiger partial charge in [-0.3, -0.25) is 0 Å². The molecular weight excluding hydrogens is 228 g/mol. The highest BCUT2D eigenvalue weighted by Crippen LogP contribution is 2.51. The summed E-state index contributed by atoms with van der Waals surface area (Å²) in [6.45, 7) is 7.92. The molecule has 4 unspecified atom stereocenters. The summed E-state index contributed by atoms with van der Waals surface area (Å²) in [7, 11) is 0. The van der Waals surface area contributed by atoms with E-state index < -0.39 is 5.60 Å². The van der Waals surface area contributed by atoms with E-state index in [9.17, 15) is 9.90 Å². The van der Waals surface area contributed by atoms with E-state index in [-0.39, 0.29) is 18.0 Å². The van der Waals surface area contributed by atoms with Crippen LogP contribution in [-0.4, -0.2) is 22.8 Å². The number of esters is 1. The molecule has 0 saturated heterocycles. The van der Waals surface area contributed by atoms with Crippen LogP contribution in [0.25, 0.3) is 0 Å². The van der Waals surface area contributed by atoms with Gasteiger partial charge in [0.25, 0.3) is 0 Å². The Morgan fingerprint density at radius 2 is 2.17 bits per heavy atom. The van der Waals surface area contributed by atoms with Crippen molar-refractivity contribution in [3.8, 4) is 0 Å². The molecule has 3 nitrogen and oxygen atoms in total. The van der Waals surface area contributed by atoms with E-state index in [1.807, 2.05) is 13.8 Å². The van der Waals surface area contributed by atoms with E-state index in [1.54, 1.807) is 0 Å². The third-order valence-corrected chi connectivity index (χ3v) is 5.08. The predicted octanol–water partition coefficient (Wildman–Crippen LogP) is 2.36. The molecule has 2 aliphatic carbocycles. The molecular formula is C15H20O3. The van der Waals surface area contributed by atoms with Crippen molar-refractivity contribution in [3.63, 3.8) is 0 Å². The molecule has 0 amide bonds. The average molecular weight is 248 g/mol. The van der Waals surface area contributed by atoms with Crippen molar-refractivity contribution in [2.24, 2.45) is 11.8 Å². The smallest absolute Gasteiger partial charge is 0.334 e. The predicted molar refractivity (Wildman–Crippen MR) is 67.8 cm³/mol. The van der Waals surface area contributed by atoms with E-state index in [2.05, 4.69) is 6.58 Å². The van der Waals surface area contributed by atoms with Crippen molar-refractivity contribution in [1.82, 2.24) is 0 Å². The lowest BCUT2D eigenvalue weighted by atomic mass is 9.81. The largest absolute Gasteiger partial charge is 0.454 e. The van der Waals surface area contributed by atoms with E-state index in [4.69, 9.17) is 4.74 Å². The summed E-state index contributed by atoms with van der Waals surface area (Å²) < 4.78 is 5.41. The Kier molecular flexibility index (Phi) is 2.46. The molecule has 0 aromatic carbocycles. The number of rotatable bonds is 0. The quantitative estimate of drug-likeness (QED) is 0.529. The van der Waals surface area contributed by atoms with Gasteiger partial charge >= 0.3 is 5.97 Å². The van der Waals surface area contributed by atoms with Gasteiger partial charge in [-0.25, -0.2) is 4.79 Å². The standard InChI is InChI=1S/C15H20O3/c1-8-6-13-11(9(2)14(16)18-13)7-12-10(8)4-5-15(12,3)17/h10,12-13,17H,1,4-7H2,2-3H3. The highest BCUT2D eigenvalue weighted by molar-refractivity contribution is 5.91. The molecule has 1 N–H and O–H groups in total. The normalized spacial score (nSPS) is 43.6. The summed E-state index contributed by atoms with van der Waals surface area (Å²) in [6, 6.07) is 0. The molecule has 2 fully saturated rings. The van der Waals surface area contributed by atoms with Gasteiger partial charge in [0.2, 0.25) is 0 Å². The fraction of sp³-hybridized carbons (Fsp3) is 0.667. The van der Waals surface area contributed by atoms with Gasteiger partial charge in [0, 0.05) is 12.0 Å². The second-order valence-electron chi connectivity index (χ2n) is 6.22. The number of hydrogen-bond donors (Lipinski definition) is 1. The monoisotopic (exact) mass is 248 g/mol. The minimum Gasteiger partial charge on any atom is -0.454 e. The molecule has 3 aliphatic rings. The van der Waals surface area contributed by atoms with E-state index in [0.717, 1.165) is 42.4 Å². The summed E-state index contributed by atoms with van der Waals surface area (Å²) >= 11 is 0. The maximum atomic E-state index is 11.6. The SMILES string of the molecule is C=C1CC2OC(=O)C(C)=C2CC2C1CCC2(C)O. The first-order valence-corrected chi connectivity index (χ1v) is 6.71. The molecule has 2 saturated carbocycles. The first-order valence-electron chi connectivity index (χ1n) is 6.71. The van der Waals surface area contributed by atoms with Gasteiger partial charge in [0.15, 0.2) is 0 Å². The molecule has 4 atom stereocenters. The minimum absolute atomic E-state index is 0.119. The van der Waals surface area contributed by atoms with Gasteiger partial charge in [-0.15, -0.1) is 0 Å². The number of ether oxygens (including phenoxy) is 1. The fourth-order valence-electron chi connectivity index (χ4n) is 3.86.